The van der Waals surface area contributed by atoms with E-state index in [0.29, 0.717) is 4.67 Å². The molecule has 0 bridgehead atoms. The first-order valence-corrected chi connectivity index (χ1v) is 7.65. The molecule has 0 saturated carbocycles. The molecule has 1 aromatic heterocycles. The van der Waals surface area contributed by atoms with Crippen molar-refractivity contribution in [2.24, 2.45) is 0 Å². The number of halogens is 1. The van der Waals surface area contributed by atoms with Crippen LogP contribution in [0.3, 0.4) is 0 Å². The maximum absolute atomic E-state index is 11.8. The number of carbonyl (C=O) groups excluding carboxylic acids is 1. The molecule has 0 aliphatic carbocycles. The smallest absolute Gasteiger partial charge is 0.374 e. The van der Waals surface area contributed by atoms with Crippen molar-refractivity contribution in [1.82, 2.24) is 5.48 Å². The third kappa shape index (κ3) is 3.75. The van der Waals surface area contributed by atoms with Crippen molar-refractivity contribution in [2.75, 3.05) is 13.7 Å². The summed E-state index contributed by atoms with van der Waals surface area (Å²) in [4.78, 5) is 17.2. The summed E-state index contributed by atoms with van der Waals surface area (Å²) in [5.41, 5.74) is 4.59. The van der Waals surface area contributed by atoms with E-state index in [0.717, 1.165) is 17.0 Å². The van der Waals surface area contributed by atoms with Gasteiger partial charge in [-0.1, -0.05) is 0 Å². The van der Waals surface area contributed by atoms with Gasteiger partial charge in [-0.15, -0.1) is 0 Å². The molecule has 3 rings (SSSR count). The second-order valence-electron chi connectivity index (χ2n) is 4.77. The summed E-state index contributed by atoms with van der Waals surface area (Å²) in [5, 5.41) is 0. The molecule has 0 spiro atoms. The fourth-order valence-electron chi connectivity index (χ4n) is 2.05. The molecule has 1 atom stereocenters. The van der Waals surface area contributed by atoms with Gasteiger partial charge in [0, 0.05) is 0 Å². The lowest BCUT2D eigenvalue weighted by Crippen LogP contribution is -2.20. The Bertz CT molecular complexity index is 722. The van der Waals surface area contributed by atoms with Gasteiger partial charge in [0.05, 0.1) is 12.8 Å². The molecule has 0 amide bonds. The number of rotatable bonds is 5. The first-order chi connectivity index (χ1) is 11.2. The third-order valence-corrected chi connectivity index (χ3v) is 3.65. The van der Waals surface area contributed by atoms with Crippen LogP contribution in [0.4, 0.5) is 0 Å². The minimum absolute atomic E-state index is 0.0871. The van der Waals surface area contributed by atoms with E-state index in [9.17, 15) is 4.79 Å². The molecule has 0 unspecified atom stereocenters. The van der Waals surface area contributed by atoms with Crippen molar-refractivity contribution in [3.05, 3.63) is 58.5 Å². The summed E-state index contributed by atoms with van der Waals surface area (Å²) in [7, 11) is 1.62. The van der Waals surface area contributed by atoms with Gasteiger partial charge in [0.1, 0.15) is 18.5 Å². The molecule has 2 heterocycles. The molecule has 1 aromatic carbocycles. The van der Waals surface area contributed by atoms with Gasteiger partial charge in [-0.2, -0.15) is 0 Å². The Morgan fingerprint density at radius 3 is 2.70 bits per heavy atom. The van der Waals surface area contributed by atoms with Crippen molar-refractivity contribution < 1.29 is 23.5 Å². The normalized spacial score (nSPS) is 16.6. The molecule has 0 radical (unpaired) electrons. The Morgan fingerprint density at radius 1 is 1.26 bits per heavy atom. The van der Waals surface area contributed by atoms with E-state index in [1.165, 1.54) is 0 Å². The Hall–Kier alpha value is -2.25. The molecular formula is C16H14BrNO5. The Morgan fingerprint density at radius 2 is 2.04 bits per heavy atom. The van der Waals surface area contributed by atoms with Crippen molar-refractivity contribution >= 4 is 27.6 Å². The second kappa shape index (κ2) is 6.89. The van der Waals surface area contributed by atoms with Crippen LogP contribution in [0.2, 0.25) is 0 Å². The molecule has 2 aromatic rings. The summed E-state index contributed by atoms with van der Waals surface area (Å²) < 4.78 is 15.9. The average Bonchev–Trinajstić information content (AvgIpc) is 3.22. The Labute approximate surface area is 141 Å². The molecular weight excluding hydrogens is 366 g/mol. The summed E-state index contributed by atoms with van der Waals surface area (Å²) >= 11 is 3.13. The number of methoxy groups -OCH3 is 1. The highest BCUT2D eigenvalue weighted by atomic mass is 79.9. The van der Waals surface area contributed by atoms with Crippen LogP contribution in [0.25, 0.3) is 5.70 Å². The van der Waals surface area contributed by atoms with Gasteiger partial charge in [-0.3, -0.25) is 10.3 Å². The summed E-state index contributed by atoms with van der Waals surface area (Å²) in [6.07, 6.45) is 1.49. The zero-order valence-electron chi connectivity index (χ0n) is 12.2. The minimum atomic E-state index is -0.536. The quantitative estimate of drug-likeness (QED) is 0.804. The summed E-state index contributed by atoms with van der Waals surface area (Å²) in [6, 6.07) is 10.7. The highest BCUT2D eigenvalue weighted by molar-refractivity contribution is 9.10. The molecule has 6 nitrogen and oxygen atoms in total. The van der Waals surface area contributed by atoms with Crippen LogP contribution < -0.4 is 10.2 Å². The number of hydrogen-bond donors (Lipinski definition) is 1. The molecule has 0 saturated heterocycles. The largest absolute Gasteiger partial charge is 0.497 e. The first-order valence-electron chi connectivity index (χ1n) is 6.86. The lowest BCUT2D eigenvalue weighted by Gasteiger charge is -2.07. The van der Waals surface area contributed by atoms with Gasteiger partial charge >= 0.3 is 5.97 Å². The topological polar surface area (TPSA) is 69.9 Å². The van der Waals surface area contributed by atoms with E-state index in [1.54, 1.807) is 19.2 Å². The fourth-order valence-corrected chi connectivity index (χ4v) is 2.36. The molecule has 7 heteroatoms. The first kappa shape index (κ1) is 15.6. The molecule has 23 heavy (non-hydrogen) atoms. The highest BCUT2D eigenvalue weighted by Crippen LogP contribution is 2.21. The number of benzene rings is 1. The van der Waals surface area contributed by atoms with Crippen LogP contribution in [-0.4, -0.2) is 25.8 Å². The molecule has 0 fully saturated rings. The van der Waals surface area contributed by atoms with Gasteiger partial charge in [0.15, 0.2) is 4.67 Å². The number of esters is 1. The van der Waals surface area contributed by atoms with Crippen LogP contribution >= 0.6 is 15.9 Å². The van der Waals surface area contributed by atoms with E-state index in [4.69, 9.17) is 18.7 Å². The second-order valence-corrected chi connectivity index (χ2v) is 5.55. The zero-order valence-corrected chi connectivity index (χ0v) is 13.8. The lowest BCUT2D eigenvalue weighted by molar-refractivity contribution is -0.00520. The van der Waals surface area contributed by atoms with E-state index in [-0.39, 0.29) is 18.5 Å². The Kier molecular flexibility index (Phi) is 4.68. The predicted molar refractivity (Wildman–Crippen MR) is 85.7 cm³/mol. The van der Waals surface area contributed by atoms with Gasteiger partial charge in [0.25, 0.3) is 0 Å². The van der Waals surface area contributed by atoms with E-state index in [2.05, 4.69) is 21.4 Å². The van der Waals surface area contributed by atoms with Crippen molar-refractivity contribution in [3.8, 4) is 5.75 Å². The maximum Gasteiger partial charge on any atom is 0.374 e. The lowest BCUT2D eigenvalue weighted by atomic mass is 10.1. The zero-order chi connectivity index (χ0) is 16.2. The van der Waals surface area contributed by atoms with Crippen LogP contribution in [0, 0.1) is 0 Å². The summed E-state index contributed by atoms with van der Waals surface area (Å²) in [5.74, 6) is 0.385. The molecule has 120 valence electrons. The highest BCUT2D eigenvalue weighted by Gasteiger charge is 2.21. The van der Waals surface area contributed by atoms with Gasteiger partial charge < -0.3 is 13.9 Å². The number of carbonyl (C=O) groups is 1. The SMILES string of the molecule is COc1ccc(C2=C[C@H](COC(=O)c3ccc(Br)o3)ON2)cc1. The van der Waals surface area contributed by atoms with Crippen molar-refractivity contribution in [1.29, 1.82) is 0 Å². The summed E-state index contributed by atoms with van der Waals surface area (Å²) in [6.45, 7) is 0.0871. The van der Waals surface area contributed by atoms with E-state index >= 15 is 0 Å². The molecule has 1 aliphatic rings. The van der Waals surface area contributed by atoms with Gasteiger partial charge in [-0.05, 0) is 64.0 Å². The number of hydrogen-bond acceptors (Lipinski definition) is 6. The average molecular weight is 380 g/mol. The Balaban J connectivity index is 1.57. The van der Waals surface area contributed by atoms with Crippen molar-refractivity contribution in [3.63, 3.8) is 0 Å². The molecule has 1 aliphatic heterocycles. The van der Waals surface area contributed by atoms with E-state index in [1.807, 2.05) is 30.3 Å². The standard InChI is InChI=1S/C16H14BrNO5/c1-20-11-4-2-10(3-5-11)13-8-12(23-18-13)9-21-16(19)14-6-7-15(17)22-14/h2-8,12,18H,9H2,1H3/t12-/m1/s1. The van der Waals surface area contributed by atoms with Crippen molar-refractivity contribution in [2.45, 2.75) is 6.10 Å². The monoisotopic (exact) mass is 379 g/mol. The minimum Gasteiger partial charge on any atom is -0.497 e. The van der Waals surface area contributed by atoms with Crippen LogP contribution in [-0.2, 0) is 9.57 Å². The maximum atomic E-state index is 11.8. The van der Waals surface area contributed by atoms with Crippen LogP contribution in [0.1, 0.15) is 16.1 Å². The number of furan rings is 1. The number of ether oxygens (including phenoxy) is 2. The third-order valence-electron chi connectivity index (χ3n) is 3.23. The van der Waals surface area contributed by atoms with Gasteiger partial charge in [0.2, 0.25) is 5.76 Å². The van der Waals surface area contributed by atoms with Gasteiger partial charge in [-0.25, -0.2) is 4.79 Å². The predicted octanol–water partition coefficient (Wildman–Crippen LogP) is 3.15. The van der Waals surface area contributed by atoms with Crippen LogP contribution in [0.15, 0.2) is 51.6 Å². The number of nitrogens with one attached hydrogen (secondary N) is 1. The molecule has 1 N–H and O–H groups in total. The fraction of sp³-hybridized carbons (Fsp3) is 0.188. The van der Waals surface area contributed by atoms with Crippen LogP contribution in [0.5, 0.6) is 5.75 Å². The number of hydroxylamine groups is 1. The van der Waals surface area contributed by atoms with E-state index < -0.39 is 5.97 Å².